The molecule has 1 heterocycles. The Morgan fingerprint density at radius 3 is 2.84 bits per heavy atom. The lowest BCUT2D eigenvalue weighted by Crippen LogP contribution is -2.46. The van der Waals surface area contributed by atoms with Gasteiger partial charge in [-0.1, -0.05) is 0 Å². The lowest BCUT2D eigenvalue weighted by atomic mass is 9.99. The number of rotatable bonds is 6. The van der Waals surface area contributed by atoms with Crippen molar-refractivity contribution in [2.24, 2.45) is 5.92 Å². The molecule has 0 saturated carbocycles. The number of aliphatic hydroxyl groups is 1. The van der Waals surface area contributed by atoms with Crippen molar-refractivity contribution in [3.8, 4) is 0 Å². The topological polar surface area (TPSA) is 95.9 Å². The Kier molecular flexibility index (Phi) is 6.18. The van der Waals surface area contributed by atoms with Crippen LogP contribution in [0.1, 0.15) is 12.8 Å². The highest BCUT2D eigenvalue weighted by molar-refractivity contribution is 7.88. The van der Waals surface area contributed by atoms with Crippen molar-refractivity contribution < 1.29 is 23.1 Å². The van der Waals surface area contributed by atoms with E-state index in [0.717, 1.165) is 6.26 Å². The first-order valence-corrected chi connectivity index (χ1v) is 8.09. The van der Waals surface area contributed by atoms with E-state index in [0.29, 0.717) is 19.4 Å². The molecule has 0 aromatic rings. The summed E-state index contributed by atoms with van der Waals surface area (Å²) in [4.78, 5) is 11.9. The fourth-order valence-corrected chi connectivity index (χ4v) is 2.98. The SMILES string of the molecule is COCC(O)CNC(=O)C1CCCN(S(C)(=O)=O)C1. The van der Waals surface area contributed by atoms with Crippen LogP contribution in [0.15, 0.2) is 0 Å². The quantitative estimate of drug-likeness (QED) is 0.640. The van der Waals surface area contributed by atoms with E-state index < -0.39 is 16.1 Å². The molecule has 1 fully saturated rings. The maximum absolute atomic E-state index is 11.9. The summed E-state index contributed by atoms with van der Waals surface area (Å²) in [5, 5.41) is 12.1. The van der Waals surface area contributed by atoms with Gasteiger partial charge in [0, 0.05) is 26.7 Å². The molecule has 1 aliphatic rings. The molecule has 0 aromatic heterocycles. The summed E-state index contributed by atoms with van der Waals surface area (Å²) < 4.78 is 29.0. The molecule has 1 amide bonds. The smallest absolute Gasteiger partial charge is 0.224 e. The average Bonchev–Trinajstić information content (AvgIpc) is 2.35. The molecule has 1 saturated heterocycles. The number of amides is 1. The highest BCUT2D eigenvalue weighted by atomic mass is 32.2. The van der Waals surface area contributed by atoms with Crippen molar-refractivity contribution in [1.29, 1.82) is 0 Å². The molecule has 0 aromatic carbocycles. The molecular weight excluding hydrogens is 272 g/mol. The van der Waals surface area contributed by atoms with Crippen LogP contribution in [0.5, 0.6) is 0 Å². The van der Waals surface area contributed by atoms with E-state index in [2.05, 4.69) is 5.32 Å². The second-order valence-corrected chi connectivity index (χ2v) is 6.80. The van der Waals surface area contributed by atoms with Crippen molar-refractivity contribution in [3.05, 3.63) is 0 Å². The highest BCUT2D eigenvalue weighted by Gasteiger charge is 2.30. The number of hydrogen-bond acceptors (Lipinski definition) is 5. The normalized spacial score (nSPS) is 23.0. The molecule has 2 N–H and O–H groups in total. The van der Waals surface area contributed by atoms with E-state index in [1.165, 1.54) is 11.4 Å². The molecule has 1 aliphatic heterocycles. The van der Waals surface area contributed by atoms with Gasteiger partial charge in [0.25, 0.3) is 0 Å². The summed E-state index contributed by atoms with van der Waals surface area (Å²) in [6.45, 7) is 0.947. The molecule has 0 spiro atoms. The van der Waals surface area contributed by atoms with Gasteiger partial charge < -0.3 is 15.2 Å². The van der Waals surface area contributed by atoms with E-state index >= 15 is 0 Å². The number of hydrogen-bond donors (Lipinski definition) is 2. The summed E-state index contributed by atoms with van der Waals surface area (Å²) in [5.74, 6) is -0.568. The number of aliphatic hydroxyl groups excluding tert-OH is 1. The molecule has 7 nitrogen and oxygen atoms in total. The van der Waals surface area contributed by atoms with Gasteiger partial charge in [0.1, 0.15) is 0 Å². The molecule has 112 valence electrons. The highest BCUT2D eigenvalue weighted by Crippen LogP contribution is 2.18. The predicted molar refractivity (Wildman–Crippen MR) is 70.0 cm³/mol. The van der Waals surface area contributed by atoms with Gasteiger partial charge in [-0.3, -0.25) is 4.79 Å². The van der Waals surface area contributed by atoms with Crippen LogP contribution in [-0.4, -0.2) is 69.4 Å². The van der Waals surface area contributed by atoms with Crippen molar-refractivity contribution in [2.75, 3.05) is 39.6 Å². The average molecular weight is 294 g/mol. The molecule has 0 aliphatic carbocycles. The fourth-order valence-electron chi connectivity index (χ4n) is 2.07. The summed E-state index contributed by atoms with van der Waals surface area (Å²) >= 11 is 0. The number of piperidine rings is 1. The molecule has 19 heavy (non-hydrogen) atoms. The Balaban J connectivity index is 2.44. The van der Waals surface area contributed by atoms with Gasteiger partial charge in [-0.05, 0) is 12.8 Å². The van der Waals surface area contributed by atoms with Gasteiger partial charge in [-0.15, -0.1) is 0 Å². The molecule has 0 radical (unpaired) electrons. The van der Waals surface area contributed by atoms with Crippen molar-refractivity contribution in [1.82, 2.24) is 9.62 Å². The zero-order chi connectivity index (χ0) is 14.5. The second kappa shape index (κ2) is 7.18. The maximum Gasteiger partial charge on any atom is 0.224 e. The fraction of sp³-hybridized carbons (Fsp3) is 0.909. The zero-order valence-electron chi connectivity index (χ0n) is 11.3. The van der Waals surface area contributed by atoms with Gasteiger partial charge in [-0.25, -0.2) is 12.7 Å². The number of carbonyl (C=O) groups excluding carboxylic acids is 1. The van der Waals surface area contributed by atoms with E-state index in [9.17, 15) is 18.3 Å². The van der Waals surface area contributed by atoms with Crippen molar-refractivity contribution in [3.63, 3.8) is 0 Å². The van der Waals surface area contributed by atoms with Gasteiger partial charge in [0.15, 0.2) is 0 Å². The van der Waals surface area contributed by atoms with Gasteiger partial charge in [0.05, 0.1) is 24.9 Å². The number of nitrogens with one attached hydrogen (secondary N) is 1. The Labute approximate surface area is 114 Å². The molecule has 8 heteroatoms. The van der Waals surface area contributed by atoms with Crippen LogP contribution in [-0.2, 0) is 19.6 Å². The standard InChI is InChI=1S/C11H22N2O5S/c1-18-8-10(14)6-12-11(15)9-4-3-5-13(7-9)19(2,16)17/h9-10,14H,3-8H2,1-2H3,(H,12,15). The molecule has 1 rings (SSSR count). The number of carbonyl (C=O) groups is 1. The van der Waals surface area contributed by atoms with Crippen LogP contribution in [0.4, 0.5) is 0 Å². The summed E-state index contributed by atoms with van der Waals surface area (Å²) in [6, 6.07) is 0. The van der Waals surface area contributed by atoms with Crippen LogP contribution < -0.4 is 5.32 Å². The third-order valence-electron chi connectivity index (χ3n) is 3.09. The monoisotopic (exact) mass is 294 g/mol. The largest absolute Gasteiger partial charge is 0.389 e. The lowest BCUT2D eigenvalue weighted by Gasteiger charge is -2.30. The van der Waals surface area contributed by atoms with Crippen LogP contribution in [0.25, 0.3) is 0 Å². The number of sulfonamides is 1. The summed E-state index contributed by atoms with van der Waals surface area (Å²) in [5.41, 5.74) is 0. The second-order valence-electron chi connectivity index (χ2n) is 4.81. The summed E-state index contributed by atoms with van der Waals surface area (Å²) in [6.07, 6.45) is 1.74. The number of methoxy groups -OCH3 is 1. The Bertz CT molecular complexity index is 398. The van der Waals surface area contributed by atoms with E-state index in [1.54, 1.807) is 0 Å². The molecule has 2 atom stereocenters. The Hall–Kier alpha value is -0.700. The zero-order valence-corrected chi connectivity index (χ0v) is 12.1. The minimum Gasteiger partial charge on any atom is -0.389 e. The third-order valence-corrected chi connectivity index (χ3v) is 4.36. The third kappa shape index (κ3) is 5.43. The Morgan fingerprint density at radius 1 is 1.58 bits per heavy atom. The Morgan fingerprint density at radius 2 is 2.26 bits per heavy atom. The first-order valence-electron chi connectivity index (χ1n) is 6.24. The van der Waals surface area contributed by atoms with Gasteiger partial charge >= 0.3 is 0 Å². The van der Waals surface area contributed by atoms with Gasteiger partial charge in [0.2, 0.25) is 15.9 Å². The van der Waals surface area contributed by atoms with E-state index in [1.807, 2.05) is 0 Å². The number of nitrogens with zero attached hydrogens (tertiary/aromatic N) is 1. The lowest BCUT2D eigenvalue weighted by molar-refractivity contribution is -0.126. The van der Waals surface area contributed by atoms with Crippen molar-refractivity contribution >= 4 is 15.9 Å². The molecule has 0 bridgehead atoms. The first-order chi connectivity index (χ1) is 8.84. The molecular formula is C11H22N2O5S. The van der Waals surface area contributed by atoms with E-state index in [4.69, 9.17) is 4.74 Å². The van der Waals surface area contributed by atoms with Gasteiger partial charge in [-0.2, -0.15) is 0 Å². The summed E-state index contributed by atoms with van der Waals surface area (Å²) in [7, 11) is -1.78. The molecule has 2 unspecified atom stereocenters. The minimum absolute atomic E-state index is 0.113. The number of ether oxygens (including phenoxy) is 1. The minimum atomic E-state index is -3.25. The van der Waals surface area contributed by atoms with E-state index in [-0.39, 0.29) is 31.5 Å². The van der Waals surface area contributed by atoms with Crippen LogP contribution >= 0.6 is 0 Å². The first kappa shape index (κ1) is 16.4. The maximum atomic E-state index is 11.9. The van der Waals surface area contributed by atoms with Crippen LogP contribution in [0.3, 0.4) is 0 Å². The van der Waals surface area contributed by atoms with Crippen LogP contribution in [0, 0.1) is 5.92 Å². The van der Waals surface area contributed by atoms with Crippen molar-refractivity contribution in [2.45, 2.75) is 18.9 Å². The van der Waals surface area contributed by atoms with Crippen LogP contribution in [0.2, 0.25) is 0 Å². The predicted octanol–water partition coefficient (Wildman–Crippen LogP) is -1.22.